The van der Waals surface area contributed by atoms with Crippen LogP contribution in [0.5, 0.6) is 11.5 Å². The van der Waals surface area contributed by atoms with Crippen LogP contribution < -0.4 is 5.32 Å². The van der Waals surface area contributed by atoms with Gasteiger partial charge in [-0.2, -0.15) is 0 Å². The summed E-state index contributed by atoms with van der Waals surface area (Å²) in [5.41, 5.74) is 3.04. The first-order chi connectivity index (χ1) is 12.6. The first kappa shape index (κ1) is 16.0. The average molecular weight is 348 g/mol. The monoisotopic (exact) mass is 348 g/mol. The van der Waals surface area contributed by atoms with Crippen LogP contribution in [0.1, 0.15) is 17.2 Å². The van der Waals surface area contributed by atoms with Gasteiger partial charge in [0.2, 0.25) is 0 Å². The summed E-state index contributed by atoms with van der Waals surface area (Å²) < 4.78 is 13.6. The van der Waals surface area contributed by atoms with Crippen LogP contribution in [0.25, 0.3) is 10.9 Å². The van der Waals surface area contributed by atoms with Gasteiger partial charge in [0.1, 0.15) is 17.3 Å². The lowest BCUT2D eigenvalue weighted by Gasteiger charge is -2.21. The van der Waals surface area contributed by atoms with Gasteiger partial charge in [-0.25, -0.2) is 4.39 Å². The highest BCUT2D eigenvalue weighted by molar-refractivity contribution is 5.84. The van der Waals surface area contributed by atoms with Gasteiger partial charge in [-0.1, -0.05) is 24.3 Å². The molecule has 0 saturated carbocycles. The molecule has 4 rings (SSSR count). The van der Waals surface area contributed by atoms with Gasteiger partial charge >= 0.3 is 0 Å². The lowest BCUT2D eigenvalue weighted by atomic mass is 9.96. The van der Waals surface area contributed by atoms with Crippen LogP contribution in [0.4, 0.5) is 10.1 Å². The molecule has 0 spiro atoms. The van der Waals surface area contributed by atoms with Crippen LogP contribution in [-0.2, 0) is 0 Å². The number of phenolic OH excluding ortho intramolecular Hbond substituents is 2. The maximum absolute atomic E-state index is 13.6. The molecule has 1 unspecified atom stereocenters. The third-order valence-electron chi connectivity index (χ3n) is 4.39. The quantitative estimate of drug-likeness (QED) is 0.423. The molecule has 0 saturated heterocycles. The highest BCUT2D eigenvalue weighted by Gasteiger charge is 2.21. The van der Waals surface area contributed by atoms with Crippen LogP contribution in [-0.4, -0.2) is 15.2 Å². The molecule has 26 heavy (non-hydrogen) atoms. The van der Waals surface area contributed by atoms with E-state index in [2.05, 4.69) is 10.3 Å². The second-order valence-corrected chi connectivity index (χ2v) is 6.12. The molecule has 4 aromatic rings. The van der Waals surface area contributed by atoms with Crippen LogP contribution >= 0.6 is 0 Å². The first-order valence-corrected chi connectivity index (χ1v) is 8.22. The molecule has 0 fully saturated rings. The molecule has 0 aliphatic rings. The van der Waals surface area contributed by atoms with Crippen molar-refractivity contribution in [1.82, 2.24) is 4.98 Å². The van der Waals surface area contributed by atoms with E-state index in [1.165, 1.54) is 24.3 Å². The Labute approximate surface area is 149 Å². The maximum atomic E-state index is 13.6. The Morgan fingerprint density at radius 1 is 0.885 bits per heavy atom. The van der Waals surface area contributed by atoms with Crippen molar-refractivity contribution in [3.05, 3.63) is 89.9 Å². The van der Waals surface area contributed by atoms with Crippen LogP contribution in [0, 0.1) is 5.82 Å². The summed E-state index contributed by atoms with van der Waals surface area (Å²) in [5, 5.41) is 24.3. The number of anilines is 1. The van der Waals surface area contributed by atoms with Crippen molar-refractivity contribution < 1.29 is 14.6 Å². The third-order valence-corrected chi connectivity index (χ3v) is 4.39. The second-order valence-electron chi connectivity index (χ2n) is 6.12. The molecule has 130 valence electrons. The normalized spacial score (nSPS) is 12.2. The van der Waals surface area contributed by atoms with Gasteiger partial charge in [0.05, 0.1) is 6.04 Å². The molecule has 3 aromatic carbocycles. The Balaban J connectivity index is 1.86. The van der Waals surface area contributed by atoms with Gasteiger partial charge in [-0.05, 0) is 36.4 Å². The molecule has 0 aliphatic carbocycles. The van der Waals surface area contributed by atoms with Gasteiger partial charge in [-0.15, -0.1) is 0 Å². The van der Waals surface area contributed by atoms with Gasteiger partial charge in [0.25, 0.3) is 0 Å². The van der Waals surface area contributed by atoms with Crippen LogP contribution in [0.3, 0.4) is 0 Å². The maximum Gasteiger partial charge on any atom is 0.125 e. The summed E-state index contributed by atoms with van der Waals surface area (Å²) in [5.74, 6) is -0.401. The summed E-state index contributed by atoms with van der Waals surface area (Å²) in [7, 11) is 0. The molecule has 4 N–H and O–H groups in total. The number of nitrogens with one attached hydrogen (secondary N) is 2. The first-order valence-electron chi connectivity index (χ1n) is 8.22. The summed E-state index contributed by atoms with van der Waals surface area (Å²) in [6.07, 6.45) is 1.87. The Hall–Kier alpha value is -3.47. The van der Waals surface area contributed by atoms with Crippen LogP contribution in [0.15, 0.2) is 72.9 Å². The van der Waals surface area contributed by atoms with Crippen molar-refractivity contribution in [3.63, 3.8) is 0 Å². The number of hydrogen-bond acceptors (Lipinski definition) is 3. The third kappa shape index (κ3) is 2.95. The zero-order chi connectivity index (χ0) is 18.1. The van der Waals surface area contributed by atoms with E-state index in [9.17, 15) is 14.6 Å². The minimum atomic E-state index is -0.437. The number of halogens is 1. The average Bonchev–Trinajstić information content (AvgIpc) is 3.04. The Morgan fingerprint density at radius 2 is 1.73 bits per heavy atom. The van der Waals surface area contributed by atoms with Gasteiger partial charge in [-0.3, -0.25) is 0 Å². The minimum absolute atomic E-state index is 0.0188. The molecule has 0 aliphatic heterocycles. The lowest BCUT2D eigenvalue weighted by molar-refractivity contribution is 0.445. The fourth-order valence-corrected chi connectivity index (χ4v) is 3.18. The standard InChI is InChI=1S/C21H17FN2O2/c22-13-4-3-5-14(10-13)24-21(17-9-8-15(25)11-20(17)26)18-12-23-19-7-2-1-6-16(18)19/h1-12,21,23-26H. The van der Waals surface area contributed by atoms with E-state index in [0.717, 1.165) is 16.5 Å². The van der Waals surface area contributed by atoms with Crippen molar-refractivity contribution in [1.29, 1.82) is 0 Å². The van der Waals surface area contributed by atoms with E-state index in [-0.39, 0.29) is 17.3 Å². The molecule has 1 aromatic heterocycles. The predicted octanol–water partition coefficient (Wildman–Crippen LogP) is 4.92. The highest BCUT2D eigenvalue weighted by atomic mass is 19.1. The molecule has 0 amide bonds. The highest BCUT2D eigenvalue weighted by Crippen LogP contribution is 2.37. The van der Waals surface area contributed by atoms with Gasteiger partial charge in [0, 0.05) is 40.0 Å². The Kier molecular flexibility index (Phi) is 3.97. The number of aromatic amines is 1. The lowest BCUT2D eigenvalue weighted by Crippen LogP contribution is -2.12. The number of benzene rings is 3. The number of phenols is 2. The van der Waals surface area contributed by atoms with Crippen molar-refractivity contribution in [2.75, 3.05) is 5.32 Å². The van der Waals surface area contributed by atoms with Crippen molar-refractivity contribution >= 4 is 16.6 Å². The Morgan fingerprint density at radius 3 is 2.54 bits per heavy atom. The number of H-pyrrole nitrogens is 1. The van der Waals surface area contributed by atoms with Crippen molar-refractivity contribution in [2.45, 2.75) is 6.04 Å². The fraction of sp³-hybridized carbons (Fsp3) is 0.0476. The second kappa shape index (κ2) is 6.44. The molecule has 0 bridgehead atoms. The van der Waals surface area contributed by atoms with E-state index < -0.39 is 6.04 Å². The van der Waals surface area contributed by atoms with E-state index in [4.69, 9.17) is 0 Å². The van der Waals surface area contributed by atoms with Gasteiger partial charge < -0.3 is 20.5 Å². The number of aromatic nitrogens is 1. The molecular formula is C21H17FN2O2. The summed E-state index contributed by atoms with van der Waals surface area (Å²) in [6.45, 7) is 0. The zero-order valence-electron chi connectivity index (χ0n) is 13.8. The molecule has 0 radical (unpaired) electrons. The molecular weight excluding hydrogens is 331 g/mol. The van der Waals surface area contributed by atoms with E-state index >= 15 is 0 Å². The smallest absolute Gasteiger partial charge is 0.125 e. The number of rotatable bonds is 4. The van der Waals surface area contributed by atoms with E-state index in [0.29, 0.717) is 11.3 Å². The molecule has 1 atom stereocenters. The Bertz CT molecular complexity index is 1070. The van der Waals surface area contributed by atoms with E-state index in [1.54, 1.807) is 18.2 Å². The van der Waals surface area contributed by atoms with Crippen molar-refractivity contribution in [3.8, 4) is 11.5 Å². The minimum Gasteiger partial charge on any atom is -0.508 e. The van der Waals surface area contributed by atoms with Gasteiger partial charge in [0.15, 0.2) is 0 Å². The number of fused-ring (bicyclic) bond motifs is 1. The fourth-order valence-electron chi connectivity index (χ4n) is 3.18. The van der Waals surface area contributed by atoms with E-state index in [1.807, 2.05) is 30.5 Å². The van der Waals surface area contributed by atoms with Crippen LogP contribution in [0.2, 0.25) is 0 Å². The predicted molar refractivity (Wildman–Crippen MR) is 99.9 cm³/mol. The summed E-state index contributed by atoms with van der Waals surface area (Å²) >= 11 is 0. The van der Waals surface area contributed by atoms with Crippen molar-refractivity contribution in [2.24, 2.45) is 0 Å². The topological polar surface area (TPSA) is 68.3 Å². The zero-order valence-corrected chi connectivity index (χ0v) is 13.8. The molecule has 4 nitrogen and oxygen atoms in total. The molecule has 1 heterocycles. The number of hydrogen-bond donors (Lipinski definition) is 4. The number of para-hydroxylation sites is 1. The number of aromatic hydroxyl groups is 2. The summed E-state index contributed by atoms with van der Waals surface area (Å²) in [4.78, 5) is 3.22. The summed E-state index contributed by atoms with van der Waals surface area (Å²) in [6, 6.07) is 18.0. The largest absolute Gasteiger partial charge is 0.508 e. The molecule has 5 heteroatoms. The SMILES string of the molecule is Oc1ccc(C(Nc2cccc(F)c2)c2c[nH]c3ccccc23)c(O)c1.